The molecular formula is C26H22N2O5. The minimum atomic E-state index is -0.832. The monoisotopic (exact) mass is 442 g/mol. The summed E-state index contributed by atoms with van der Waals surface area (Å²) in [5.41, 5.74) is 1.96. The lowest BCUT2D eigenvalue weighted by Crippen LogP contribution is -2.31. The molecule has 1 fully saturated rings. The molecule has 3 aromatic carbocycles. The average Bonchev–Trinajstić information content (AvgIpc) is 3.10. The summed E-state index contributed by atoms with van der Waals surface area (Å²) < 4.78 is 0. The molecule has 1 aliphatic heterocycles. The largest absolute Gasteiger partial charge is 0.507 e. The Morgan fingerprint density at radius 2 is 1.52 bits per heavy atom. The van der Waals surface area contributed by atoms with E-state index in [1.54, 1.807) is 30.3 Å². The maximum Gasteiger partial charge on any atom is 0.295 e. The average molecular weight is 442 g/mol. The zero-order chi connectivity index (χ0) is 23.4. The smallest absolute Gasteiger partial charge is 0.295 e. The molecule has 0 aliphatic carbocycles. The maximum atomic E-state index is 13.0. The molecule has 4 rings (SSSR count). The second kappa shape index (κ2) is 9.48. The van der Waals surface area contributed by atoms with Gasteiger partial charge < -0.3 is 10.0 Å². The van der Waals surface area contributed by atoms with Crippen molar-refractivity contribution in [1.29, 1.82) is 0 Å². The standard InChI is InChI=1S/C26H22N2O5/c29-24(20-11-5-2-6-12-20)22-23(19-13-15-21(16-14-19)28(32)33)27(26(31)25(22)30)17-7-10-18-8-3-1-4-9-18/h1-6,8-9,11-16,23,29H,7,10,17H2/b24-22-. The highest BCUT2D eigenvalue weighted by Gasteiger charge is 2.45. The number of ketones is 1. The van der Waals surface area contributed by atoms with Gasteiger partial charge in [-0.15, -0.1) is 0 Å². The van der Waals surface area contributed by atoms with Gasteiger partial charge in [0.15, 0.2) is 0 Å². The number of rotatable bonds is 7. The predicted molar refractivity (Wildman–Crippen MR) is 123 cm³/mol. The van der Waals surface area contributed by atoms with Crippen molar-refractivity contribution in [2.75, 3.05) is 6.54 Å². The first-order chi connectivity index (χ1) is 16.0. The van der Waals surface area contributed by atoms with Crippen LogP contribution in [0.5, 0.6) is 0 Å². The molecule has 1 heterocycles. The quantitative estimate of drug-likeness (QED) is 0.189. The number of non-ortho nitro benzene ring substituents is 1. The van der Waals surface area contributed by atoms with Crippen LogP contribution in [0.2, 0.25) is 0 Å². The number of Topliss-reactive ketones (excluding diaryl/α,β-unsaturated/α-hetero) is 1. The van der Waals surface area contributed by atoms with Crippen molar-refractivity contribution in [1.82, 2.24) is 4.90 Å². The topological polar surface area (TPSA) is 101 Å². The van der Waals surface area contributed by atoms with E-state index in [9.17, 15) is 24.8 Å². The number of aryl methyl sites for hydroxylation is 1. The molecule has 0 bridgehead atoms. The van der Waals surface area contributed by atoms with E-state index in [1.165, 1.54) is 29.2 Å². The number of hydrogen-bond acceptors (Lipinski definition) is 5. The normalized spacial score (nSPS) is 17.3. The van der Waals surface area contributed by atoms with Crippen LogP contribution in [-0.4, -0.2) is 33.2 Å². The summed E-state index contributed by atoms with van der Waals surface area (Å²) >= 11 is 0. The zero-order valence-corrected chi connectivity index (χ0v) is 17.8. The van der Waals surface area contributed by atoms with Gasteiger partial charge in [0.25, 0.3) is 17.4 Å². The maximum absolute atomic E-state index is 13.0. The Kier molecular flexibility index (Phi) is 6.31. The van der Waals surface area contributed by atoms with Crippen molar-refractivity contribution in [2.24, 2.45) is 0 Å². The van der Waals surface area contributed by atoms with E-state index in [0.29, 0.717) is 24.1 Å². The molecule has 1 unspecified atom stereocenters. The number of nitrogens with zero attached hydrogens (tertiary/aromatic N) is 2. The van der Waals surface area contributed by atoms with Crippen molar-refractivity contribution in [3.63, 3.8) is 0 Å². The Labute approximate surface area is 190 Å². The van der Waals surface area contributed by atoms with Crippen molar-refractivity contribution < 1.29 is 19.6 Å². The molecule has 0 spiro atoms. The Morgan fingerprint density at radius 1 is 0.909 bits per heavy atom. The molecule has 7 heteroatoms. The lowest BCUT2D eigenvalue weighted by Gasteiger charge is -2.25. The first kappa shape index (κ1) is 22.0. The number of benzene rings is 3. The Hall–Kier alpha value is -4.26. The molecule has 0 saturated carbocycles. The van der Waals surface area contributed by atoms with Gasteiger partial charge in [0.2, 0.25) is 0 Å². The summed E-state index contributed by atoms with van der Waals surface area (Å²) in [7, 11) is 0. The molecule has 1 amide bonds. The van der Waals surface area contributed by atoms with Crippen molar-refractivity contribution >= 4 is 23.1 Å². The highest BCUT2D eigenvalue weighted by molar-refractivity contribution is 6.46. The number of nitro groups is 1. The summed E-state index contributed by atoms with van der Waals surface area (Å²) in [6.45, 7) is 0.298. The van der Waals surface area contributed by atoms with Crippen LogP contribution in [0.4, 0.5) is 5.69 Å². The molecular weight excluding hydrogens is 420 g/mol. The molecule has 33 heavy (non-hydrogen) atoms. The van der Waals surface area contributed by atoms with Crippen LogP contribution in [0.25, 0.3) is 5.76 Å². The number of amides is 1. The van der Waals surface area contributed by atoms with Gasteiger partial charge in [0.1, 0.15) is 5.76 Å². The number of nitro benzene ring substituents is 1. The molecule has 0 aromatic heterocycles. The fourth-order valence-electron chi connectivity index (χ4n) is 4.09. The molecule has 1 aliphatic rings. The summed E-state index contributed by atoms with van der Waals surface area (Å²) in [4.78, 5) is 38.0. The van der Waals surface area contributed by atoms with Crippen molar-refractivity contribution in [2.45, 2.75) is 18.9 Å². The first-order valence-corrected chi connectivity index (χ1v) is 10.6. The fourth-order valence-corrected chi connectivity index (χ4v) is 4.09. The van der Waals surface area contributed by atoms with E-state index in [0.717, 1.165) is 12.0 Å². The first-order valence-electron chi connectivity index (χ1n) is 10.6. The van der Waals surface area contributed by atoms with Gasteiger partial charge in [-0.1, -0.05) is 60.7 Å². The summed E-state index contributed by atoms with van der Waals surface area (Å²) in [5.74, 6) is -1.72. The van der Waals surface area contributed by atoms with Crippen molar-refractivity contribution in [3.05, 3.63) is 117 Å². The number of carbonyl (C=O) groups is 2. The lowest BCUT2D eigenvalue weighted by molar-refractivity contribution is -0.384. The Bertz CT molecular complexity index is 1200. The predicted octanol–water partition coefficient (Wildman–Crippen LogP) is 4.65. The molecule has 1 N–H and O–H groups in total. The van der Waals surface area contributed by atoms with Gasteiger partial charge in [0.05, 0.1) is 16.5 Å². The van der Waals surface area contributed by atoms with E-state index in [4.69, 9.17) is 0 Å². The van der Waals surface area contributed by atoms with Gasteiger partial charge in [-0.25, -0.2) is 0 Å². The molecule has 166 valence electrons. The third kappa shape index (κ3) is 4.52. The van der Waals surface area contributed by atoms with Crippen LogP contribution in [-0.2, 0) is 16.0 Å². The SMILES string of the molecule is O=C1C(=O)N(CCCc2ccccc2)C(c2ccc([N+](=O)[O-])cc2)/C1=C(/O)c1ccccc1. The second-order valence-electron chi connectivity index (χ2n) is 7.80. The summed E-state index contributed by atoms with van der Waals surface area (Å²) in [5, 5.41) is 22.0. The third-order valence-corrected chi connectivity index (χ3v) is 5.71. The van der Waals surface area contributed by atoms with Gasteiger partial charge in [-0.2, -0.15) is 0 Å². The lowest BCUT2D eigenvalue weighted by atomic mass is 9.95. The summed E-state index contributed by atoms with van der Waals surface area (Å²) in [6, 6.07) is 23.3. The van der Waals surface area contributed by atoms with Crippen LogP contribution < -0.4 is 0 Å². The third-order valence-electron chi connectivity index (χ3n) is 5.71. The molecule has 1 atom stereocenters. The Morgan fingerprint density at radius 3 is 2.12 bits per heavy atom. The minimum Gasteiger partial charge on any atom is -0.507 e. The van der Waals surface area contributed by atoms with E-state index in [-0.39, 0.29) is 17.0 Å². The van der Waals surface area contributed by atoms with Gasteiger partial charge in [-0.05, 0) is 36.1 Å². The zero-order valence-electron chi connectivity index (χ0n) is 17.8. The van der Waals surface area contributed by atoms with Crippen LogP contribution in [0.15, 0.2) is 90.5 Å². The number of aliphatic hydroxyl groups is 1. The van der Waals surface area contributed by atoms with E-state index < -0.39 is 22.7 Å². The molecule has 1 saturated heterocycles. The number of carbonyl (C=O) groups excluding carboxylic acids is 2. The highest BCUT2D eigenvalue weighted by Crippen LogP contribution is 2.39. The van der Waals surface area contributed by atoms with Crippen LogP contribution in [0.3, 0.4) is 0 Å². The van der Waals surface area contributed by atoms with Gasteiger partial charge >= 0.3 is 0 Å². The number of likely N-dealkylation sites (tertiary alicyclic amines) is 1. The van der Waals surface area contributed by atoms with Gasteiger partial charge in [0, 0.05) is 24.2 Å². The molecule has 0 radical (unpaired) electrons. The van der Waals surface area contributed by atoms with E-state index in [1.807, 2.05) is 30.3 Å². The highest BCUT2D eigenvalue weighted by atomic mass is 16.6. The van der Waals surface area contributed by atoms with Crippen LogP contribution in [0.1, 0.15) is 29.2 Å². The second-order valence-corrected chi connectivity index (χ2v) is 7.80. The van der Waals surface area contributed by atoms with Crippen LogP contribution in [0, 0.1) is 10.1 Å². The molecule has 7 nitrogen and oxygen atoms in total. The number of aliphatic hydroxyl groups excluding tert-OH is 1. The van der Waals surface area contributed by atoms with E-state index >= 15 is 0 Å². The van der Waals surface area contributed by atoms with Crippen LogP contribution >= 0.6 is 0 Å². The van der Waals surface area contributed by atoms with E-state index in [2.05, 4.69) is 0 Å². The number of hydrogen-bond donors (Lipinski definition) is 1. The Balaban J connectivity index is 1.71. The minimum absolute atomic E-state index is 0.0141. The van der Waals surface area contributed by atoms with Crippen molar-refractivity contribution in [3.8, 4) is 0 Å². The van der Waals surface area contributed by atoms with Gasteiger partial charge in [-0.3, -0.25) is 19.7 Å². The summed E-state index contributed by atoms with van der Waals surface area (Å²) in [6.07, 6.45) is 1.33. The fraction of sp³-hybridized carbons (Fsp3) is 0.154. The molecule has 3 aromatic rings.